The van der Waals surface area contributed by atoms with Gasteiger partial charge in [0.1, 0.15) is 0 Å². The van der Waals surface area contributed by atoms with Crippen LogP contribution < -0.4 is 0 Å². The van der Waals surface area contributed by atoms with Crippen LogP contribution in [0, 0.1) is 0 Å². The normalized spacial score (nSPS) is 33.0. The highest BCUT2D eigenvalue weighted by Crippen LogP contribution is 2.15. The summed E-state index contributed by atoms with van der Waals surface area (Å²) in [6.45, 7) is 3.34. The molecule has 0 aromatic heterocycles. The van der Waals surface area contributed by atoms with E-state index in [1.54, 1.807) is 7.11 Å². The first kappa shape index (κ1) is 7.98. The van der Waals surface area contributed by atoms with Crippen molar-refractivity contribution in [1.29, 1.82) is 0 Å². The Morgan fingerprint density at radius 2 is 2.40 bits per heavy atom. The van der Waals surface area contributed by atoms with Gasteiger partial charge < -0.3 is 14.2 Å². The van der Waals surface area contributed by atoms with Crippen LogP contribution in [0.15, 0.2) is 0 Å². The first-order chi connectivity index (χ1) is 4.86. The number of hydrogen-bond donors (Lipinski definition) is 0. The second kappa shape index (κ2) is 3.91. The Bertz CT molecular complexity index is 94.9. The first-order valence-electron chi connectivity index (χ1n) is 3.62. The molecule has 10 heavy (non-hydrogen) atoms. The average Bonchev–Trinajstić information content (AvgIpc) is 2.37. The number of rotatable bonds is 3. The zero-order valence-electron chi connectivity index (χ0n) is 6.50. The summed E-state index contributed by atoms with van der Waals surface area (Å²) < 4.78 is 15.6. The van der Waals surface area contributed by atoms with Crippen LogP contribution in [0.2, 0.25) is 0 Å². The summed E-state index contributed by atoms with van der Waals surface area (Å²) in [6.07, 6.45) is 1.07. The summed E-state index contributed by atoms with van der Waals surface area (Å²) >= 11 is 0. The highest BCUT2D eigenvalue weighted by atomic mass is 16.7. The zero-order chi connectivity index (χ0) is 7.40. The molecule has 0 saturated carbocycles. The summed E-state index contributed by atoms with van der Waals surface area (Å²) in [7, 11) is 1.70. The van der Waals surface area contributed by atoms with Crippen molar-refractivity contribution in [2.24, 2.45) is 0 Å². The van der Waals surface area contributed by atoms with E-state index >= 15 is 0 Å². The maximum atomic E-state index is 5.25. The van der Waals surface area contributed by atoms with Gasteiger partial charge in [-0.25, -0.2) is 0 Å². The third-order valence-electron chi connectivity index (χ3n) is 1.61. The third-order valence-corrected chi connectivity index (χ3v) is 1.61. The molecule has 3 heteroatoms. The fourth-order valence-electron chi connectivity index (χ4n) is 1.03. The van der Waals surface area contributed by atoms with Crippen molar-refractivity contribution in [3.8, 4) is 0 Å². The quantitative estimate of drug-likeness (QED) is 0.589. The predicted octanol–water partition coefficient (Wildman–Crippen LogP) is 0.784. The molecule has 1 fully saturated rings. The monoisotopic (exact) mass is 146 g/mol. The standard InChI is InChI=1S/C7H14O3/c1-3-9-7-4-6(8-2)5-10-7/h6-7H,3-5H2,1-2H3/t6-,7-/m0/s1. The smallest absolute Gasteiger partial charge is 0.160 e. The van der Waals surface area contributed by atoms with E-state index < -0.39 is 0 Å². The van der Waals surface area contributed by atoms with Gasteiger partial charge in [0, 0.05) is 20.1 Å². The highest BCUT2D eigenvalue weighted by molar-refractivity contribution is 4.66. The van der Waals surface area contributed by atoms with Crippen molar-refractivity contribution in [3.63, 3.8) is 0 Å². The van der Waals surface area contributed by atoms with Crippen LogP contribution in [0.25, 0.3) is 0 Å². The highest BCUT2D eigenvalue weighted by Gasteiger charge is 2.24. The average molecular weight is 146 g/mol. The van der Waals surface area contributed by atoms with E-state index in [1.807, 2.05) is 6.92 Å². The Morgan fingerprint density at radius 1 is 1.60 bits per heavy atom. The minimum atomic E-state index is -0.0325. The van der Waals surface area contributed by atoms with E-state index in [4.69, 9.17) is 14.2 Å². The van der Waals surface area contributed by atoms with E-state index in [-0.39, 0.29) is 12.4 Å². The van der Waals surface area contributed by atoms with Gasteiger partial charge in [0.2, 0.25) is 0 Å². The Morgan fingerprint density at radius 3 is 2.90 bits per heavy atom. The fraction of sp³-hybridized carbons (Fsp3) is 1.00. The van der Waals surface area contributed by atoms with E-state index in [0.717, 1.165) is 6.42 Å². The number of hydrogen-bond acceptors (Lipinski definition) is 3. The lowest BCUT2D eigenvalue weighted by Gasteiger charge is -2.07. The van der Waals surface area contributed by atoms with Gasteiger partial charge in [-0.3, -0.25) is 0 Å². The largest absolute Gasteiger partial charge is 0.379 e. The van der Waals surface area contributed by atoms with Gasteiger partial charge in [-0.2, -0.15) is 0 Å². The maximum Gasteiger partial charge on any atom is 0.160 e. The first-order valence-corrected chi connectivity index (χ1v) is 3.62. The van der Waals surface area contributed by atoms with Gasteiger partial charge in [-0.15, -0.1) is 0 Å². The van der Waals surface area contributed by atoms with Crippen LogP contribution in [-0.4, -0.2) is 32.7 Å². The fourth-order valence-corrected chi connectivity index (χ4v) is 1.03. The minimum Gasteiger partial charge on any atom is -0.379 e. The molecular formula is C7H14O3. The SMILES string of the molecule is CCO[C@@H]1C[C@H](OC)CO1. The molecule has 0 amide bonds. The van der Waals surface area contributed by atoms with E-state index in [0.29, 0.717) is 13.2 Å². The van der Waals surface area contributed by atoms with Gasteiger partial charge >= 0.3 is 0 Å². The van der Waals surface area contributed by atoms with Gasteiger partial charge in [-0.05, 0) is 6.92 Å². The van der Waals surface area contributed by atoms with E-state index in [1.165, 1.54) is 0 Å². The number of ether oxygens (including phenoxy) is 3. The second-order valence-electron chi connectivity index (χ2n) is 2.31. The van der Waals surface area contributed by atoms with Gasteiger partial charge in [-0.1, -0.05) is 0 Å². The maximum absolute atomic E-state index is 5.25. The lowest BCUT2D eigenvalue weighted by atomic mass is 10.3. The summed E-state index contributed by atoms with van der Waals surface area (Å²) in [6, 6.07) is 0. The minimum absolute atomic E-state index is 0.0325. The van der Waals surface area contributed by atoms with E-state index in [2.05, 4.69) is 0 Å². The third kappa shape index (κ3) is 1.94. The molecule has 0 aromatic carbocycles. The molecule has 0 bridgehead atoms. The molecule has 2 atom stereocenters. The van der Waals surface area contributed by atoms with Crippen molar-refractivity contribution in [1.82, 2.24) is 0 Å². The van der Waals surface area contributed by atoms with Crippen molar-refractivity contribution >= 4 is 0 Å². The van der Waals surface area contributed by atoms with Crippen LogP contribution in [0.4, 0.5) is 0 Å². The van der Waals surface area contributed by atoms with Crippen LogP contribution in [0.1, 0.15) is 13.3 Å². The van der Waals surface area contributed by atoms with Crippen molar-refractivity contribution in [2.75, 3.05) is 20.3 Å². The molecule has 60 valence electrons. The molecule has 3 nitrogen and oxygen atoms in total. The van der Waals surface area contributed by atoms with Crippen LogP contribution in [0.5, 0.6) is 0 Å². The van der Waals surface area contributed by atoms with Gasteiger partial charge in [0.15, 0.2) is 6.29 Å². The molecule has 1 aliphatic rings. The summed E-state index contributed by atoms with van der Waals surface area (Å²) in [5, 5.41) is 0. The Labute approximate surface area is 61.3 Å². The molecule has 0 unspecified atom stereocenters. The summed E-state index contributed by atoms with van der Waals surface area (Å²) in [5.74, 6) is 0. The molecule has 0 radical (unpaired) electrons. The zero-order valence-corrected chi connectivity index (χ0v) is 6.50. The van der Waals surface area contributed by atoms with Gasteiger partial charge in [0.05, 0.1) is 12.7 Å². The van der Waals surface area contributed by atoms with Crippen molar-refractivity contribution < 1.29 is 14.2 Å². The number of methoxy groups -OCH3 is 1. The Kier molecular flexibility index (Phi) is 3.12. The summed E-state index contributed by atoms with van der Waals surface area (Å²) in [5.41, 5.74) is 0. The second-order valence-corrected chi connectivity index (χ2v) is 2.31. The van der Waals surface area contributed by atoms with Crippen LogP contribution >= 0.6 is 0 Å². The van der Waals surface area contributed by atoms with Crippen LogP contribution in [0.3, 0.4) is 0 Å². The Hall–Kier alpha value is -0.120. The molecule has 1 aliphatic heterocycles. The predicted molar refractivity (Wildman–Crippen MR) is 36.8 cm³/mol. The van der Waals surface area contributed by atoms with E-state index in [9.17, 15) is 0 Å². The summed E-state index contributed by atoms with van der Waals surface area (Å²) in [4.78, 5) is 0. The molecule has 1 rings (SSSR count). The molecular weight excluding hydrogens is 132 g/mol. The molecule has 1 saturated heterocycles. The molecule has 0 aromatic rings. The topological polar surface area (TPSA) is 27.7 Å². The molecule has 0 spiro atoms. The van der Waals surface area contributed by atoms with Gasteiger partial charge in [0.25, 0.3) is 0 Å². The molecule has 0 N–H and O–H groups in total. The molecule has 0 aliphatic carbocycles. The van der Waals surface area contributed by atoms with Crippen LogP contribution in [-0.2, 0) is 14.2 Å². The molecule has 1 heterocycles. The Balaban J connectivity index is 2.15. The lowest BCUT2D eigenvalue weighted by Crippen LogP contribution is -2.12. The van der Waals surface area contributed by atoms with Crippen molar-refractivity contribution in [2.45, 2.75) is 25.7 Å². The van der Waals surface area contributed by atoms with Crippen molar-refractivity contribution in [3.05, 3.63) is 0 Å². The lowest BCUT2D eigenvalue weighted by molar-refractivity contribution is -0.106.